The van der Waals surface area contributed by atoms with Gasteiger partial charge in [0, 0.05) is 49.2 Å². The first-order chi connectivity index (χ1) is 14.1. The van der Waals surface area contributed by atoms with E-state index >= 15 is 0 Å². The van der Waals surface area contributed by atoms with E-state index in [-0.39, 0.29) is 5.82 Å². The number of aromatic nitrogens is 1. The van der Waals surface area contributed by atoms with Gasteiger partial charge in [0.05, 0.1) is 7.11 Å². The molecule has 150 valence electrons. The Balaban J connectivity index is 1.55. The summed E-state index contributed by atoms with van der Waals surface area (Å²) in [6, 6.07) is 14.3. The fourth-order valence-corrected chi connectivity index (χ4v) is 3.54. The summed E-state index contributed by atoms with van der Waals surface area (Å²) in [4.78, 5) is 6.13. The van der Waals surface area contributed by atoms with Crippen molar-refractivity contribution >= 4 is 0 Å². The van der Waals surface area contributed by atoms with Crippen molar-refractivity contribution in [3.8, 4) is 11.5 Å². The molecule has 0 amide bonds. The molecule has 0 bridgehead atoms. The van der Waals surface area contributed by atoms with Crippen molar-refractivity contribution in [1.82, 2.24) is 9.88 Å². The molecule has 0 saturated carbocycles. The van der Waals surface area contributed by atoms with E-state index in [4.69, 9.17) is 9.47 Å². The molecule has 0 fully saturated rings. The lowest BCUT2D eigenvalue weighted by atomic mass is 10.00. The van der Waals surface area contributed by atoms with Crippen LogP contribution >= 0.6 is 0 Å². The van der Waals surface area contributed by atoms with Gasteiger partial charge >= 0.3 is 0 Å². The van der Waals surface area contributed by atoms with Crippen LogP contribution in [0.1, 0.15) is 28.4 Å². The van der Waals surface area contributed by atoms with E-state index in [1.807, 2.05) is 18.2 Å². The highest BCUT2D eigenvalue weighted by Gasteiger charge is 2.19. The van der Waals surface area contributed by atoms with Crippen molar-refractivity contribution < 1.29 is 19.0 Å². The Morgan fingerprint density at radius 1 is 1.14 bits per heavy atom. The maximum Gasteiger partial charge on any atom is 0.131 e. The number of aliphatic hydroxyl groups excluding tert-OH is 1. The highest BCUT2D eigenvalue weighted by atomic mass is 19.1. The molecule has 3 aromatic rings. The molecule has 2 aromatic carbocycles. The van der Waals surface area contributed by atoms with E-state index < -0.39 is 6.10 Å². The average Bonchev–Trinajstić information content (AvgIpc) is 2.96. The number of pyridine rings is 1. The molecule has 4 rings (SSSR count). The van der Waals surface area contributed by atoms with E-state index in [9.17, 15) is 9.50 Å². The number of rotatable bonds is 5. The Morgan fingerprint density at radius 2 is 1.97 bits per heavy atom. The number of fused-ring (bicyclic) bond motifs is 1. The predicted octanol–water partition coefficient (Wildman–Crippen LogP) is 3.71. The van der Waals surface area contributed by atoms with Crippen molar-refractivity contribution in [3.05, 3.63) is 89.0 Å². The predicted molar refractivity (Wildman–Crippen MR) is 107 cm³/mol. The van der Waals surface area contributed by atoms with Gasteiger partial charge in [-0.1, -0.05) is 12.1 Å². The summed E-state index contributed by atoms with van der Waals surface area (Å²) in [5.74, 6) is 1.02. The van der Waals surface area contributed by atoms with Gasteiger partial charge in [-0.3, -0.25) is 9.88 Å². The van der Waals surface area contributed by atoms with Crippen LogP contribution in [0.3, 0.4) is 0 Å². The molecule has 2 heterocycles. The zero-order valence-electron chi connectivity index (χ0n) is 16.2. The van der Waals surface area contributed by atoms with Crippen molar-refractivity contribution in [1.29, 1.82) is 0 Å². The second-order valence-electron chi connectivity index (χ2n) is 7.07. The Labute approximate surface area is 169 Å². The molecular formula is C23H23FN2O3. The summed E-state index contributed by atoms with van der Waals surface area (Å²) in [7, 11) is 1.52. The molecule has 0 aliphatic carbocycles. The summed E-state index contributed by atoms with van der Waals surface area (Å²) in [5.41, 5.74) is 3.16. The molecular weight excluding hydrogens is 371 g/mol. The Kier molecular flexibility index (Phi) is 5.74. The lowest BCUT2D eigenvalue weighted by Gasteiger charge is -2.20. The number of halogens is 1. The third-order valence-electron chi connectivity index (χ3n) is 5.14. The average molecular weight is 394 g/mol. The second-order valence-corrected chi connectivity index (χ2v) is 7.07. The molecule has 6 heteroatoms. The van der Waals surface area contributed by atoms with Crippen LogP contribution in [0.25, 0.3) is 0 Å². The number of aliphatic hydroxyl groups is 1. The molecule has 1 aliphatic rings. The summed E-state index contributed by atoms with van der Waals surface area (Å²) in [5, 5.41) is 10.7. The normalized spacial score (nSPS) is 15.1. The van der Waals surface area contributed by atoms with Gasteiger partial charge in [0.15, 0.2) is 0 Å². The first kappa shape index (κ1) is 19.4. The minimum absolute atomic E-state index is 0.281. The molecule has 1 aromatic heterocycles. The van der Waals surface area contributed by atoms with E-state index in [1.54, 1.807) is 36.7 Å². The van der Waals surface area contributed by atoms with E-state index in [0.717, 1.165) is 22.4 Å². The topological polar surface area (TPSA) is 54.8 Å². The molecule has 0 saturated heterocycles. The van der Waals surface area contributed by atoms with Crippen molar-refractivity contribution in [2.45, 2.75) is 19.2 Å². The van der Waals surface area contributed by atoms with E-state index in [1.165, 1.54) is 13.2 Å². The fourth-order valence-electron chi connectivity index (χ4n) is 3.54. The SMILES string of the molecule is COc1ccc(CN2CCOc3ccc([C@@H](O)c4ccncc4)cc3C2)c(F)c1. The van der Waals surface area contributed by atoms with Crippen molar-refractivity contribution in [2.75, 3.05) is 20.3 Å². The molecule has 29 heavy (non-hydrogen) atoms. The van der Waals surface area contributed by atoms with Gasteiger partial charge in [0.2, 0.25) is 0 Å². The number of hydrogen-bond acceptors (Lipinski definition) is 5. The Morgan fingerprint density at radius 3 is 2.72 bits per heavy atom. The highest BCUT2D eigenvalue weighted by Crippen LogP contribution is 2.30. The van der Waals surface area contributed by atoms with Crippen LogP contribution < -0.4 is 9.47 Å². The molecule has 5 nitrogen and oxygen atoms in total. The van der Waals surface area contributed by atoms with Gasteiger partial charge in [-0.05, 0) is 41.5 Å². The number of methoxy groups -OCH3 is 1. The third kappa shape index (κ3) is 4.39. The van der Waals surface area contributed by atoms with Crippen LogP contribution in [-0.4, -0.2) is 35.3 Å². The van der Waals surface area contributed by atoms with Crippen molar-refractivity contribution in [2.24, 2.45) is 0 Å². The maximum absolute atomic E-state index is 14.4. The first-order valence-electron chi connectivity index (χ1n) is 9.52. The minimum Gasteiger partial charge on any atom is -0.497 e. The van der Waals surface area contributed by atoms with Gasteiger partial charge in [-0.15, -0.1) is 0 Å². The first-order valence-corrected chi connectivity index (χ1v) is 9.52. The number of hydrogen-bond donors (Lipinski definition) is 1. The lowest BCUT2D eigenvalue weighted by Crippen LogP contribution is -2.25. The minimum atomic E-state index is -0.737. The van der Waals surface area contributed by atoms with Gasteiger partial charge in [-0.25, -0.2) is 4.39 Å². The molecule has 1 aliphatic heterocycles. The number of ether oxygens (including phenoxy) is 2. The van der Waals surface area contributed by atoms with Crippen LogP contribution in [0.15, 0.2) is 60.9 Å². The largest absolute Gasteiger partial charge is 0.497 e. The van der Waals surface area contributed by atoms with Crippen LogP contribution in [0.4, 0.5) is 4.39 Å². The fraction of sp³-hybridized carbons (Fsp3) is 0.261. The molecule has 0 radical (unpaired) electrons. The third-order valence-corrected chi connectivity index (χ3v) is 5.14. The highest BCUT2D eigenvalue weighted by molar-refractivity contribution is 5.41. The van der Waals surface area contributed by atoms with E-state index in [0.29, 0.717) is 37.6 Å². The maximum atomic E-state index is 14.4. The zero-order chi connectivity index (χ0) is 20.2. The Hall–Kier alpha value is -2.96. The van der Waals surface area contributed by atoms with Gasteiger partial charge in [0.1, 0.15) is 30.0 Å². The molecule has 1 atom stereocenters. The summed E-state index contributed by atoms with van der Waals surface area (Å²) < 4.78 is 25.3. The van der Waals surface area contributed by atoms with Gasteiger partial charge in [-0.2, -0.15) is 0 Å². The smallest absolute Gasteiger partial charge is 0.131 e. The second kappa shape index (κ2) is 8.59. The quantitative estimate of drug-likeness (QED) is 0.715. The van der Waals surface area contributed by atoms with Crippen LogP contribution in [-0.2, 0) is 13.1 Å². The summed E-state index contributed by atoms with van der Waals surface area (Å²) >= 11 is 0. The summed E-state index contributed by atoms with van der Waals surface area (Å²) in [6.07, 6.45) is 2.59. The zero-order valence-corrected chi connectivity index (χ0v) is 16.2. The molecule has 1 N–H and O–H groups in total. The lowest BCUT2D eigenvalue weighted by molar-refractivity contribution is 0.217. The van der Waals surface area contributed by atoms with Crippen LogP contribution in [0.5, 0.6) is 11.5 Å². The molecule has 0 spiro atoms. The van der Waals surface area contributed by atoms with Crippen LogP contribution in [0, 0.1) is 5.82 Å². The van der Waals surface area contributed by atoms with Crippen LogP contribution in [0.2, 0.25) is 0 Å². The number of nitrogens with zero attached hydrogens (tertiary/aromatic N) is 2. The van der Waals surface area contributed by atoms with Gasteiger partial charge < -0.3 is 14.6 Å². The van der Waals surface area contributed by atoms with Crippen molar-refractivity contribution in [3.63, 3.8) is 0 Å². The van der Waals surface area contributed by atoms with E-state index in [2.05, 4.69) is 9.88 Å². The Bertz CT molecular complexity index is 981. The number of benzene rings is 2. The summed E-state index contributed by atoms with van der Waals surface area (Å²) in [6.45, 7) is 2.28. The molecule has 0 unspecified atom stereocenters. The van der Waals surface area contributed by atoms with Gasteiger partial charge in [0.25, 0.3) is 0 Å². The standard InChI is InChI=1S/C23H23FN2O3/c1-28-20-4-2-18(21(24)13-20)14-26-10-11-29-22-5-3-17(12-19(22)15-26)23(27)16-6-8-25-9-7-16/h2-9,12-13,23,27H,10-11,14-15H2,1H3/t23-/m0/s1. The monoisotopic (exact) mass is 394 g/mol.